The SMILES string of the molecule is CC/C=C/C(=O)O[C@H](C)C(=O)Nc1cc(Cl)ccc1OC. The summed E-state index contributed by atoms with van der Waals surface area (Å²) in [7, 11) is 1.48. The molecule has 1 rings (SSSR count). The van der Waals surface area contributed by atoms with Crippen LogP contribution in [0.1, 0.15) is 20.3 Å². The second-order valence-corrected chi connectivity index (χ2v) is 4.66. The molecule has 0 fully saturated rings. The first-order valence-electron chi connectivity index (χ1n) is 6.49. The maximum Gasteiger partial charge on any atom is 0.331 e. The van der Waals surface area contributed by atoms with Crippen molar-refractivity contribution in [1.82, 2.24) is 0 Å². The van der Waals surface area contributed by atoms with E-state index in [1.807, 2.05) is 6.92 Å². The van der Waals surface area contributed by atoms with Gasteiger partial charge in [0.15, 0.2) is 6.10 Å². The minimum Gasteiger partial charge on any atom is -0.495 e. The molecule has 6 heteroatoms. The van der Waals surface area contributed by atoms with Crippen molar-refractivity contribution in [2.75, 3.05) is 12.4 Å². The molecule has 0 aliphatic carbocycles. The van der Waals surface area contributed by atoms with Crippen molar-refractivity contribution >= 4 is 29.2 Å². The van der Waals surface area contributed by atoms with Crippen LogP contribution in [0.15, 0.2) is 30.4 Å². The van der Waals surface area contributed by atoms with Crippen LogP contribution in [-0.2, 0) is 14.3 Å². The van der Waals surface area contributed by atoms with Gasteiger partial charge < -0.3 is 14.8 Å². The predicted molar refractivity (Wildman–Crippen MR) is 81.6 cm³/mol. The van der Waals surface area contributed by atoms with Crippen molar-refractivity contribution in [2.45, 2.75) is 26.4 Å². The molecule has 0 saturated heterocycles. The second kappa shape index (κ2) is 8.32. The van der Waals surface area contributed by atoms with Gasteiger partial charge in [0.2, 0.25) is 0 Å². The Morgan fingerprint density at radius 1 is 1.43 bits per heavy atom. The number of carbonyl (C=O) groups is 2. The molecule has 0 aliphatic heterocycles. The van der Waals surface area contributed by atoms with Crippen LogP contribution in [0.3, 0.4) is 0 Å². The van der Waals surface area contributed by atoms with E-state index in [4.69, 9.17) is 21.1 Å². The zero-order valence-electron chi connectivity index (χ0n) is 12.2. The lowest BCUT2D eigenvalue weighted by atomic mass is 10.2. The van der Waals surface area contributed by atoms with Crippen LogP contribution in [0.4, 0.5) is 5.69 Å². The Bertz CT molecular complexity index is 542. The van der Waals surface area contributed by atoms with Gasteiger partial charge in [-0.15, -0.1) is 0 Å². The zero-order chi connectivity index (χ0) is 15.8. The highest BCUT2D eigenvalue weighted by Gasteiger charge is 2.18. The Balaban J connectivity index is 2.70. The van der Waals surface area contributed by atoms with Crippen LogP contribution in [0.25, 0.3) is 0 Å². The molecule has 0 spiro atoms. The third kappa shape index (κ3) is 5.47. The van der Waals surface area contributed by atoms with E-state index in [1.54, 1.807) is 24.3 Å². The normalized spacial score (nSPS) is 12.0. The first-order valence-corrected chi connectivity index (χ1v) is 6.87. The molecule has 1 aromatic carbocycles. The lowest BCUT2D eigenvalue weighted by molar-refractivity contribution is -0.148. The van der Waals surface area contributed by atoms with Crippen molar-refractivity contribution in [1.29, 1.82) is 0 Å². The van der Waals surface area contributed by atoms with Gasteiger partial charge in [-0.05, 0) is 31.5 Å². The third-order valence-electron chi connectivity index (χ3n) is 2.57. The number of halogens is 1. The first kappa shape index (κ1) is 17.0. The van der Waals surface area contributed by atoms with Gasteiger partial charge in [0.25, 0.3) is 5.91 Å². The fourth-order valence-electron chi connectivity index (χ4n) is 1.49. The number of carbonyl (C=O) groups excluding carboxylic acids is 2. The summed E-state index contributed by atoms with van der Waals surface area (Å²) in [5.41, 5.74) is 0.419. The number of ether oxygens (including phenoxy) is 2. The van der Waals surface area contributed by atoms with E-state index in [0.717, 1.165) is 6.42 Å². The van der Waals surface area contributed by atoms with E-state index in [2.05, 4.69) is 5.32 Å². The Labute approximate surface area is 128 Å². The Kier molecular flexibility index (Phi) is 6.75. The van der Waals surface area contributed by atoms with Crippen molar-refractivity contribution in [3.05, 3.63) is 35.4 Å². The molecular formula is C15H18ClNO4. The van der Waals surface area contributed by atoms with Crippen LogP contribution < -0.4 is 10.1 Å². The van der Waals surface area contributed by atoms with E-state index in [9.17, 15) is 9.59 Å². The Morgan fingerprint density at radius 2 is 2.14 bits per heavy atom. The summed E-state index contributed by atoms with van der Waals surface area (Å²) in [6.07, 6.45) is 2.74. The number of anilines is 1. The van der Waals surface area contributed by atoms with Gasteiger partial charge >= 0.3 is 5.97 Å². The number of hydrogen-bond acceptors (Lipinski definition) is 4. The van der Waals surface area contributed by atoms with Crippen LogP contribution in [0.5, 0.6) is 5.75 Å². The van der Waals surface area contributed by atoms with Gasteiger partial charge in [-0.1, -0.05) is 24.6 Å². The molecule has 1 N–H and O–H groups in total. The number of allylic oxidation sites excluding steroid dienone is 1. The van der Waals surface area contributed by atoms with Gasteiger partial charge in [-0.25, -0.2) is 4.79 Å². The number of esters is 1. The molecule has 114 valence electrons. The van der Waals surface area contributed by atoms with Crippen LogP contribution in [0.2, 0.25) is 5.02 Å². The van der Waals surface area contributed by atoms with E-state index < -0.39 is 18.0 Å². The number of hydrogen-bond donors (Lipinski definition) is 1. The minimum absolute atomic E-state index is 0.419. The number of rotatable bonds is 6. The highest BCUT2D eigenvalue weighted by Crippen LogP contribution is 2.27. The maximum absolute atomic E-state index is 12.0. The Morgan fingerprint density at radius 3 is 2.76 bits per heavy atom. The van der Waals surface area contributed by atoms with E-state index in [1.165, 1.54) is 20.1 Å². The molecule has 1 aromatic rings. The van der Waals surface area contributed by atoms with Crippen LogP contribution in [0, 0.1) is 0 Å². The van der Waals surface area contributed by atoms with Gasteiger partial charge in [0.1, 0.15) is 5.75 Å². The molecule has 1 atom stereocenters. The van der Waals surface area contributed by atoms with Crippen LogP contribution >= 0.6 is 11.6 Å². The lowest BCUT2D eigenvalue weighted by Gasteiger charge is -2.14. The predicted octanol–water partition coefficient (Wildman–Crippen LogP) is 3.19. The summed E-state index contributed by atoms with van der Waals surface area (Å²) >= 11 is 5.88. The van der Waals surface area contributed by atoms with Crippen LogP contribution in [-0.4, -0.2) is 25.1 Å². The van der Waals surface area contributed by atoms with Gasteiger partial charge in [-0.2, -0.15) is 0 Å². The number of methoxy groups -OCH3 is 1. The first-order chi connectivity index (χ1) is 9.97. The third-order valence-corrected chi connectivity index (χ3v) is 2.81. The average molecular weight is 312 g/mol. The molecule has 0 unspecified atom stereocenters. The fraction of sp³-hybridized carbons (Fsp3) is 0.333. The molecule has 0 bridgehead atoms. The standard InChI is InChI=1S/C15H18ClNO4/c1-4-5-6-14(18)21-10(2)15(19)17-12-9-11(16)7-8-13(12)20-3/h5-10H,4H2,1-3H3,(H,17,19)/b6-5+/t10-/m1/s1. The van der Waals surface area contributed by atoms with Gasteiger partial charge in [-0.3, -0.25) is 4.79 Å². The molecular weight excluding hydrogens is 294 g/mol. The largest absolute Gasteiger partial charge is 0.495 e. The maximum atomic E-state index is 12.0. The van der Waals surface area contributed by atoms with Crippen molar-refractivity contribution in [2.24, 2.45) is 0 Å². The average Bonchev–Trinajstić information content (AvgIpc) is 2.45. The summed E-state index contributed by atoms with van der Waals surface area (Å²) in [5, 5.41) is 3.07. The summed E-state index contributed by atoms with van der Waals surface area (Å²) in [4.78, 5) is 23.4. The Hall–Kier alpha value is -2.01. The topological polar surface area (TPSA) is 64.6 Å². The number of nitrogens with one attached hydrogen (secondary N) is 1. The highest BCUT2D eigenvalue weighted by molar-refractivity contribution is 6.31. The number of benzene rings is 1. The summed E-state index contributed by atoms with van der Waals surface area (Å²) in [6.45, 7) is 3.38. The fourth-order valence-corrected chi connectivity index (χ4v) is 1.67. The minimum atomic E-state index is -0.928. The molecule has 0 aromatic heterocycles. The van der Waals surface area contributed by atoms with Crippen molar-refractivity contribution in [3.63, 3.8) is 0 Å². The van der Waals surface area contributed by atoms with E-state index >= 15 is 0 Å². The second-order valence-electron chi connectivity index (χ2n) is 4.22. The lowest BCUT2D eigenvalue weighted by Crippen LogP contribution is -2.29. The van der Waals surface area contributed by atoms with Gasteiger partial charge in [0, 0.05) is 11.1 Å². The van der Waals surface area contributed by atoms with Crippen molar-refractivity contribution < 1.29 is 19.1 Å². The molecule has 0 saturated carbocycles. The van der Waals surface area contributed by atoms with Gasteiger partial charge in [0.05, 0.1) is 12.8 Å². The smallest absolute Gasteiger partial charge is 0.331 e. The molecule has 21 heavy (non-hydrogen) atoms. The summed E-state index contributed by atoms with van der Waals surface area (Å²) < 4.78 is 10.1. The molecule has 5 nitrogen and oxygen atoms in total. The molecule has 0 heterocycles. The highest BCUT2D eigenvalue weighted by atomic mass is 35.5. The molecule has 0 aliphatic rings. The molecule has 1 amide bonds. The number of amides is 1. The van der Waals surface area contributed by atoms with Crippen molar-refractivity contribution in [3.8, 4) is 5.75 Å². The van der Waals surface area contributed by atoms with E-state index in [0.29, 0.717) is 16.5 Å². The zero-order valence-corrected chi connectivity index (χ0v) is 12.9. The van der Waals surface area contributed by atoms with E-state index in [-0.39, 0.29) is 0 Å². The summed E-state index contributed by atoms with van der Waals surface area (Å²) in [5.74, 6) is -0.552. The monoisotopic (exact) mass is 311 g/mol. The molecule has 0 radical (unpaired) electrons. The summed E-state index contributed by atoms with van der Waals surface area (Å²) in [6, 6.07) is 4.84. The quantitative estimate of drug-likeness (QED) is 0.647.